The largest absolute Gasteiger partial charge is 0.508 e. The lowest BCUT2D eigenvalue weighted by Gasteiger charge is -2.56. The highest BCUT2D eigenvalue weighted by Crippen LogP contribution is 2.58. The average Bonchev–Trinajstić information content (AvgIpc) is 2.72. The molecule has 1 aromatic rings. The maximum absolute atomic E-state index is 13.4. The van der Waals surface area contributed by atoms with Crippen molar-refractivity contribution < 1.29 is 39.9 Å². The van der Waals surface area contributed by atoms with E-state index < -0.39 is 82.5 Å². The van der Waals surface area contributed by atoms with E-state index in [2.05, 4.69) is 0 Å². The Morgan fingerprint density at radius 3 is 2.31 bits per heavy atom. The van der Waals surface area contributed by atoms with Crippen LogP contribution >= 0.6 is 11.6 Å². The van der Waals surface area contributed by atoms with Gasteiger partial charge in [0.2, 0.25) is 0 Å². The van der Waals surface area contributed by atoms with Gasteiger partial charge in [-0.15, -0.1) is 0 Å². The van der Waals surface area contributed by atoms with E-state index in [9.17, 15) is 39.9 Å². The lowest BCUT2D eigenvalue weighted by Crippen LogP contribution is -2.69. The maximum Gasteiger partial charge on any atom is 0.255 e. The molecule has 11 N–H and O–H groups in total. The van der Waals surface area contributed by atoms with Crippen LogP contribution in [-0.2, 0) is 9.59 Å². The van der Waals surface area contributed by atoms with Gasteiger partial charge in [-0.25, -0.2) is 0 Å². The Balaban J connectivity index is 1.98. The molecule has 172 valence electrons. The summed E-state index contributed by atoms with van der Waals surface area (Å²) in [5, 5.41) is 54.5. The topological polar surface area (TPSA) is 230 Å². The first kappa shape index (κ1) is 22.3. The zero-order valence-corrected chi connectivity index (χ0v) is 17.5. The molecule has 0 saturated heterocycles. The van der Waals surface area contributed by atoms with Gasteiger partial charge in [-0.1, -0.05) is 18.5 Å². The molecule has 5 unspecified atom stereocenters. The Bertz CT molecular complexity index is 1130. The number of aliphatic hydroxyl groups is 4. The van der Waals surface area contributed by atoms with Gasteiger partial charge in [-0.05, 0) is 11.5 Å². The first-order valence-corrected chi connectivity index (χ1v) is 10.1. The monoisotopic (exact) mass is 467 g/mol. The van der Waals surface area contributed by atoms with Crippen LogP contribution in [0.3, 0.4) is 0 Å². The second-order valence-electron chi connectivity index (χ2n) is 8.62. The number of hydrogen-bond acceptors (Lipinski definition) is 10. The molecule has 0 aliphatic heterocycles. The van der Waals surface area contributed by atoms with Crippen LogP contribution in [0.4, 0.5) is 11.4 Å². The smallest absolute Gasteiger partial charge is 0.255 e. The number of fused-ring (bicyclic) bond motifs is 3. The number of halogens is 1. The number of nitrogen functional groups attached to an aromatic ring is 2. The summed E-state index contributed by atoms with van der Waals surface area (Å²) < 4.78 is 0. The molecule has 4 rings (SSSR count). The first-order chi connectivity index (χ1) is 14.8. The van der Waals surface area contributed by atoms with Gasteiger partial charge in [0.05, 0.1) is 34.0 Å². The van der Waals surface area contributed by atoms with Crippen molar-refractivity contribution in [3.8, 4) is 5.75 Å². The Kier molecular flexibility index (Phi) is 4.76. The SMILES string of the molecule is C[C@@H]1c2c(N)c(Cl)c(N)c(O)c2C(=O)C2C1[C@H](O)C1CC(=O)C(C(N)=O)=C(O)C1(O)C2O. The fourth-order valence-electron chi connectivity index (χ4n) is 5.70. The molecule has 1 amide bonds. The number of rotatable bonds is 1. The minimum absolute atomic E-state index is 0.0859. The summed E-state index contributed by atoms with van der Waals surface area (Å²) >= 11 is 6.09. The molecular formula is C20H22ClN3O8. The third-order valence-corrected chi connectivity index (χ3v) is 7.64. The number of hydrogen-bond donors (Lipinski definition) is 8. The summed E-state index contributed by atoms with van der Waals surface area (Å²) in [5.41, 5.74) is 12.7. The van der Waals surface area contributed by atoms with Gasteiger partial charge >= 0.3 is 0 Å². The van der Waals surface area contributed by atoms with E-state index in [4.69, 9.17) is 28.8 Å². The molecular weight excluding hydrogens is 446 g/mol. The molecule has 0 radical (unpaired) electrons. The summed E-state index contributed by atoms with van der Waals surface area (Å²) in [6.45, 7) is 1.57. The summed E-state index contributed by atoms with van der Waals surface area (Å²) in [5.74, 6) is -9.89. The number of phenols is 1. The number of primary amides is 1. The predicted molar refractivity (Wildman–Crippen MR) is 111 cm³/mol. The van der Waals surface area contributed by atoms with Crippen molar-refractivity contribution in [2.24, 2.45) is 23.5 Å². The lowest BCUT2D eigenvalue weighted by atomic mass is 9.51. The summed E-state index contributed by atoms with van der Waals surface area (Å²) in [4.78, 5) is 37.5. The average molecular weight is 468 g/mol. The third-order valence-electron chi connectivity index (χ3n) is 7.23. The number of aromatic hydroxyl groups is 1. The Hall–Kier alpha value is -2.86. The van der Waals surface area contributed by atoms with E-state index in [1.165, 1.54) is 0 Å². The molecule has 0 spiro atoms. The van der Waals surface area contributed by atoms with Gasteiger partial charge in [0, 0.05) is 18.3 Å². The molecule has 32 heavy (non-hydrogen) atoms. The number of aliphatic hydroxyl groups excluding tert-OH is 3. The van der Waals surface area contributed by atoms with Crippen LogP contribution in [0, 0.1) is 17.8 Å². The van der Waals surface area contributed by atoms with Crippen LogP contribution in [0.1, 0.15) is 35.2 Å². The molecule has 1 aromatic carbocycles. The van der Waals surface area contributed by atoms with Crippen molar-refractivity contribution in [2.45, 2.75) is 37.1 Å². The van der Waals surface area contributed by atoms with Crippen LogP contribution in [0.25, 0.3) is 0 Å². The zero-order valence-electron chi connectivity index (χ0n) is 16.7. The number of phenolic OH excluding ortho intramolecular Hbond substituents is 1. The quantitative estimate of drug-likeness (QED) is 0.110. The van der Waals surface area contributed by atoms with E-state index in [-0.39, 0.29) is 27.5 Å². The molecule has 3 aliphatic rings. The van der Waals surface area contributed by atoms with Gasteiger partial charge in [0.25, 0.3) is 5.91 Å². The fraction of sp³-hybridized carbons (Fsp3) is 0.450. The zero-order chi connectivity index (χ0) is 24.0. The minimum atomic E-state index is -2.72. The number of carbonyl (C=O) groups is 3. The van der Waals surface area contributed by atoms with Crippen LogP contribution in [-0.4, -0.2) is 60.8 Å². The summed E-state index contributed by atoms with van der Waals surface area (Å²) in [6.07, 6.45) is -4.28. The normalized spacial score (nSPS) is 36.4. The van der Waals surface area contributed by atoms with Crippen LogP contribution in [0.2, 0.25) is 5.02 Å². The van der Waals surface area contributed by atoms with E-state index >= 15 is 0 Å². The number of Topliss-reactive ketones (excluding diaryl/α,β-unsaturated/α-hetero) is 2. The predicted octanol–water partition coefficient (Wildman–Crippen LogP) is -0.905. The number of nitrogens with two attached hydrogens (primary N) is 3. The van der Waals surface area contributed by atoms with Gasteiger partial charge < -0.3 is 42.7 Å². The minimum Gasteiger partial charge on any atom is -0.508 e. The van der Waals surface area contributed by atoms with E-state index in [1.807, 2.05) is 0 Å². The van der Waals surface area contributed by atoms with Gasteiger partial charge in [0.15, 0.2) is 22.9 Å². The second-order valence-corrected chi connectivity index (χ2v) is 9.00. The van der Waals surface area contributed by atoms with Gasteiger partial charge in [-0.2, -0.15) is 0 Å². The molecule has 0 aromatic heterocycles. The molecule has 12 heteroatoms. The number of carbonyl (C=O) groups excluding carboxylic acids is 3. The summed E-state index contributed by atoms with van der Waals surface area (Å²) in [6, 6.07) is 0. The van der Waals surface area contributed by atoms with E-state index in [0.29, 0.717) is 0 Å². The van der Waals surface area contributed by atoms with Crippen molar-refractivity contribution in [3.63, 3.8) is 0 Å². The van der Waals surface area contributed by atoms with Crippen molar-refractivity contribution in [2.75, 3.05) is 11.5 Å². The summed E-state index contributed by atoms with van der Waals surface area (Å²) in [7, 11) is 0. The van der Waals surface area contributed by atoms with E-state index in [0.717, 1.165) is 0 Å². The maximum atomic E-state index is 13.4. The van der Waals surface area contributed by atoms with Crippen molar-refractivity contribution >= 4 is 40.4 Å². The molecule has 0 bridgehead atoms. The fourth-order valence-corrected chi connectivity index (χ4v) is 5.89. The number of ketones is 2. The molecule has 11 nitrogen and oxygen atoms in total. The highest BCUT2D eigenvalue weighted by atomic mass is 35.5. The molecule has 1 saturated carbocycles. The third kappa shape index (κ3) is 2.44. The molecule has 7 atom stereocenters. The van der Waals surface area contributed by atoms with Gasteiger partial charge in [-0.3, -0.25) is 14.4 Å². The Morgan fingerprint density at radius 1 is 1.16 bits per heavy atom. The highest BCUT2D eigenvalue weighted by Gasteiger charge is 2.67. The number of benzene rings is 1. The van der Waals surface area contributed by atoms with Crippen molar-refractivity contribution in [1.29, 1.82) is 0 Å². The molecule has 3 aliphatic carbocycles. The molecule has 1 fully saturated rings. The first-order valence-electron chi connectivity index (χ1n) is 9.77. The van der Waals surface area contributed by atoms with Crippen molar-refractivity contribution in [1.82, 2.24) is 0 Å². The Labute approximate surface area is 186 Å². The van der Waals surface area contributed by atoms with Crippen LogP contribution in [0.5, 0.6) is 5.75 Å². The van der Waals surface area contributed by atoms with E-state index in [1.54, 1.807) is 6.92 Å². The van der Waals surface area contributed by atoms with Crippen LogP contribution in [0.15, 0.2) is 11.3 Å². The van der Waals surface area contributed by atoms with Gasteiger partial charge in [0.1, 0.15) is 17.4 Å². The highest BCUT2D eigenvalue weighted by molar-refractivity contribution is 6.36. The Morgan fingerprint density at radius 2 is 1.75 bits per heavy atom. The lowest BCUT2D eigenvalue weighted by molar-refractivity contribution is -0.209. The van der Waals surface area contributed by atoms with Crippen molar-refractivity contribution in [3.05, 3.63) is 27.5 Å². The molecule has 0 heterocycles. The number of anilines is 2. The standard InChI is InChI=1S/C20H22ClN3O8/c1-3-6-9(16(28)13(23)11(21)12(6)22)15(27)10-7(3)14(26)4-2-5(25)8(19(24)31)17(29)20(4,32)18(10)30/h3-4,7,10,14,18,26,28-30,32H,2,22-23H2,1H3,(H2,24,31)/t3-,4?,7?,10?,14-,18?,20?/m1/s1. The number of amides is 1. The van der Waals surface area contributed by atoms with Crippen LogP contribution < -0.4 is 17.2 Å². The second kappa shape index (κ2) is 6.82.